The Hall–Kier alpha value is -0.550. The van der Waals surface area contributed by atoms with Gasteiger partial charge in [-0.25, -0.2) is 0 Å². The molecule has 2 atom stereocenters. The van der Waals surface area contributed by atoms with Gasteiger partial charge in [-0.15, -0.1) is 0 Å². The largest absolute Gasteiger partial charge is 0.300 e. The Morgan fingerprint density at radius 1 is 1.11 bits per heavy atom. The molecule has 1 aliphatic carbocycles. The number of nitriles is 1. The van der Waals surface area contributed by atoms with Gasteiger partial charge in [0, 0.05) is 6.04 Å². The lowest BCUT2D eigenvalue weighted by Crippen LogP contribution is -2.47. The Morgan fingerprint density at radius 3 is 2.63 bits per heavy atom. The van der Waals surface area contributed by atoms with E-state index in [2.05, 4.69) is 24.8 Å². The molecule has 0 bridgehead atoms. The maximum absolute atomic E-state index is 9.04. The van der Waals surface area contributed by atoms with Gasteiger partial charge < -0.3 is 4.90 Å². The number of likely N-dealkylation sites (tertiary alicyclic amines) is 1. The zero-order valence-electron chi connectivity index (χ0n) is 12.8. The average molecular weight is 262 g/mol. The molecule has 2 rings (SSSR count). The van der Waals surface area contributed by atoms with E-state index in [0.717, 1.165) is 18.4 Å². The van der Waals surface area contributed by atoms with Crippen molar-refractivity contribution in [2.75, 3.05) is 13.1 Å². The summed E-state index contributed by atoms with van der Waals surface area (Å²) in [5.41, 5.74) is -0.130. The zero-order valence-corrected chi connectivity index (χ0v) is 12.8. The van der Waals surface area contributed by atoms with Gasteiger partial charge in [0.05, 0.1) is 11.5 Å². The van der Waals surface area contributed by atoms with E-state index in [-0.39, 0.29) is 5.41 Å². The van der Waals surface area contributed by atoms with Crippen LogP contribution in [0.3, 0.4) is 0 Å². The van der Waals surface area contributed by atoms with Crippen LogP contribution in [0.25, 0.3) is 0 Å². The Morgan fingerprint density at radius 2 is 1.84 bits per heavy atom. The highest BCUT2D eigenvalue weighted by atomic mass is 15.2. The van der Waals surface area contributed by atoms with Crippen molar-refractivity contribution in [3.8, 4) is 6.07 Å². The van der Waals surface area contributed by atoms with Gasteiger partial charge in [0.25, 0.3) is 0 Å². The lowest BCUT2D eigenvalue weighted by Gasteiger charge is -2.44. The minimum Gasteiger partial charge on any atom is -0.300 e. The van der Waals surface area contributed by atoms with Crippen LogP contribution in [-0.2, 0) is 0 Å². The van der Waals surface area contributed by atoms with Crippen LogP contribution in [-0.4, -0.2) is 24.0 Å². The molecular formula is C17H30N2. The lowest BCUT2D eigenvalue weighted by atomic mass is 9.78. The second-order valence-corrected chi connectivity index (χ2v) is 7.24. The molecule has 0 unspecified atom stereocenters. The van der Waals surface area contributed by atoms with E-state index >= 15 is 0 Å². The normalized spacial score (nSPS) is 28.7. The number of nitrogens with zero attached hydrogens (tertiary/aromatic N) is 2. The van der Waals surface area contributed by atoms with Gasteiger partial charge in [-0.3, -0.25) is 0 Å². The third-order valence-corrected chi connectivity index (χ3v) is 5.16. The molecule has 19 heavy (non-hydrogen) atoms. The molecular weight excluding hydrogens is 232 g/mol. The van der Waals surface area contributed by atoms with Crippen LogP contribution >= 0.6 is 0 Å². The summed E-state index contributed by atoms with van der Waals surface area (Å²) in [6.07, 6.45) is 12.2. The van der Waals surface area contributed by atoms with Crippen molar-refractivity contribution in [1.82, 2.24) is 4.90 Å². The predicted molar refractivity (Wildman–Crippen MR) is 79.8 cm³/mol. The minimum absolute atomic E-state index is 0.130. The standard InChI is InChI=1S/C17H30N2/c1-17(2,14-18)11-5-6-12-19-13-7-9-15-8-3-4-10-16(15)19/h15-16H,3-13H2,1-2H3/t15-,16-/m1/s1. The van der Waals surface area contributed by atoms with E-state index in [1.54, 1.807) is 0 Å². The van der Waals surface area contributed by atoms with Crippen LogP contribution < -0.4 is 0 Å². The highest BCUT2D eigenvalue weighted by molar-refractivity contribution is 4.91. The molecule has 0 spiro atoms. The number of hydrogen-bond acceptors (Lipinski definition) is 2. The van der Waals surface area contributed by atoms with E-state index in [0.29, 0.717) is 0 Å². The van der Waals surface area contributed by atoms with Crippen molar-refractivity contribution in [1.29, 1.82) is 5.26 Å². The molecule has 2 nitrogen and oxygen atoms in total. The molecule has 2 aliphatic rings. The molecule has 1 saturated heterocycles. The highest BCUT2D eigenvalue weighted by Gasteiger charge is 2.32. The van der Waals surface area contributed by atoms with Crippen molar-refractivity contribution in [3.05, 3.63) is 0 Å². The van der Waals surface area contributed by atoms with Gasteiger partial charge in [-0.05, 0) is 71.4 Å². The van der Waals surface area contributed by atoms with E-state index in [4.69, 9.17) is 5.26 Å². The Balaban J connectivity index is 1.71. The number of fused-ring (bicyclic) bond motifs is 1. The van der Waals surface area contributed by atoms with E-state index in [1.807, 2.05) is 0 Å². The summed E-state index contributed by atoms with van der Waals surface area (Å²) in [7, 11) is 0. The molecule has 0 aromatic heterocycles. The van der Waals surface area contributed by atoms with E-state index < -0.39 is 0 Å². The minimum atomic E-state index is -0.130. The van der Waals surface area contributed by atoms with Crippen LogP contribution in [0.4, 0.5) is 0 Å². The highest BCUT2D eigenvalue weighted by Crippen LogP contribution is 2.35. The molecule has 2 fully saturated rings. The van der Waals surface area contributed by atoms with Crippen molar-refractivity contribution in [3.63, 3.8) is 0 Å². The molecule has 0 aromatic rings. The molecule has 1 heterocycles. The molecule has 0 amide bonds. The summed E-state index contributed by atoms with van der Waals surface area (Å²) >= 11 is 0. The van der Waals surface area contributed by atoms with Crippen molar-refractivity contribution < 1.29 is 0 Å². The first kappa shape index (κ1) is 14.9. The Labute approximate surface area is 119 Å². The van der Waals surface area contributed by atoms with Crippen molar-refractivity contribution in [2.24, 2.45) is 11.3 Å². The summed E-state index contributed by atoms with van der Waals surface area (Å²) < 4.78 is 0. The third-order valence-electron chi connectivity index (χ3n) is 5.16. The van der Waals surface area contributed by atoms with Crippen molar-refractivity contribution >= 4 is 0 Å². The molecule has 1 aliphatic heterocycles. The van der Waals surface area contributed by atoms with Crippen LogP contribution in [0.15, 0.2) is 0 Å². The van der Waals surface area contributed by atoms with Crippen LogP contribution in [0.5, 0.6) is 0 Å². The summed E-state index contributed by atoms with van der Waals surface area (Å²) in [6.45, 7) is 6.71. The Bertz CT molecular complexity index is 314. The molecule has 108 valence electrons. The van der Waals surface area contributed by atoms with E-state index in [1.165, 1.54) is 64.5 Å². The first-order valence-electron chi connectivity index (χ1n) is 8.28. The van der Waals surface area contributed by atoms with Gasteiger partial charge in [0.2, 0.25) is 0 Å². The fourth-order valence-electron chi connectivity index (χ4n) is 3.94. The first-order valence-corrected chi connectivity index (χ1v) is 8.28. The summed E-state index contributed by atoms with van der Waals surface area (Å²) in [6, 6.07) is 3.31. The maximum Gasteiger partial charge on any atom is 0.0683 e. The number of rotatable bonds is 5. The molecule has 0 aromatic carbocycles. The third kappa shape index (κ3) is 4.21. The number of piperidine rings is 1. The average Bonchev–Trinajstić information content (AvgIpc) is 2.44. The monoisotopic (exact) mass is 262 g/mol. The molecule has 0 N–H and O–H groups in total. The van der Waals surface area contributed by atoms with Gasteiger partial charge in [-0.1, -0.05) is 19.3 Å². The second-order valence-electron chi connectivity index (χ2n) is 7.24. The van der Waals surface area contributed by atoms with E-state index in [9.17, 15) is 0 Å². The van der Waals surface area contributed by atoms with Crippen LogP contribution in [0, 0.1) is 22.7 Å². The van der Waals surface area contributed by atoms with Gasteiger partial charge in [0.1, 0.15) is 0 Å². The van der Waals surface area contributed by atoms with Gasteiger partial charge in [0.15, 0.2) is 0 Å². The summed E-state index contributed by atoms with van der Waals surface area (Å²) in [5.74, 6) is 0.998. The topological polar surface area (TPSA) is 27.0 Å². The molecule has 1 saturated carbocycles. The SMILES string of the molecule is CC(C)(C#N)CCCCN1CCC[C@H]2CCCC[C@H]21. The van der Waals surface area contributed by atoms with Crippen molar-refractivity contribution in [2.45, 2.75) is 77.7 Å². The lowest BCUT2D eigenvalue weighted by molar-refractivity contribution is 0.0591. The first-order chi connectivity index (χ1) is 9.12. The fraction of sp³-hybridized carbons (Fsp3) is 0.941. The van der Waals surface area contributed by atoms with Gasteiger partial charge in [-0.2, -0.15) is 5.26 Å². The second kappa shape index (κ2) is 6.75. The van der Waals surface area contributed by atoms with Crippen LogP contribution in [0.1, 0.15) is 71.6 Å². The quantitative estimate of drug-likeness (QED) is 0.688. The molecule has 2 heteroatoms. The number of hydrogen-bond donors (Lipinski definition) is 0. The van der Waals surface area contributed by atoms with Gasteiger partial charge >= 0.3 is 0 Å². The summed E-state index contributed by atoms with van der Waals surface area (Å²) in [5, 5.41) is 9.04. The summed E-state index contributed by atoms with van der Waals surface area (Å²) in [4.78, 5) is 2.77. The number of unbranched alkanes of at least 4 members (excludes halogenated alkanes) is 1. The maximum atomic E-state index is 9.04. The fourth-order valence-corrected chi connectivity index (χ4v) is 3.94. The zero-order chi connectivity index (χ0) is 13.7. The Kier molecular flexibility index (Phi) is 5.28. The van der Waals surface area contributed by atoms with Crippen LogP contribution in [0.2, 0.25) is 0 Å². The predicted octanol–water partition coefficient (Wildman–Crippen LogP) is 4.36. The molecule has 0 radical (unpaired) electrons. The smallest absolute Gasteiger partial charge is 0.0683 e.